The Morgan fingerprint density at radius 3 is 2.24 bits per heavy atom. The van der Waals surface area contributed by atoms with Gasteiger partial charge in [-0.15, -0.1) is 0 Å². The van der Waals surface area contributed by atoms with E-state index >= 15 is 0 Å². The van der Waals surface area contributed by atoms with E-state index in [1.807, 2.05) is 0 Å². The highest BCUT2D eigenvalue weighted by Gasteiger charge is 2.28. The highest BCUT2D eigenvalue weighted by Crippen LogP contribution is 2.22. The molecule has 0 N–H and O–H groups in total. The van der Waals surface area contributed by atoms with Gasteiger partial charge in [0.15, 0.2) is 0 Å². The van der Waals surface area contributed by atoms with E-state index in [0.717, 1.165) is 12.6 Å². The number of rotatable bonds is 11. The van der Waals surface area contributed by atoms with E-state index in [4.69, 9.17) is 4.74 Å². The lowest BCUT2D eigenvalue weighted by Crippen LogP contribution is -2.36. The van der Waals surface area contributed by atoms with E-state index in [1.165, 1.54) is 58.0 Å². The smallest absolute Gasteiger partial charge is 0.0824 e. The fourth-order valence-electron chi connectivity index (χ4n) is 2.68. The van der Waals surface area contributed by atoms with E-state index in [0.29, 0.717) is 6.10 Å². The van der Waals surface area contributed by atoms with Gasteiger partial charge in [-0.2, -0.15) is 0 Å². The zero-order valence-electron chi connectivity index (χ0n) is 12.1. The largest absolute Gasteiger partial charge is 0.373 e. The molecule has 102 valence electrons. The first-order chi connectivity index (χ1) is 8.31. The summed E-state index contributed by atoms with van der Waals surface area (Å²) >= 11 is 0. The molecule has 0 bridgehead atoms. The Morgan fingerprint density at radius 2 is 1.71 bits per heavy atom. The number of hydrogen-bond donors (Lipinski definition) is 0. The summed E-state index contributed by atoms with van der Waals surface area (Å²) in [6, 6.07) is 0.763. The van der Waals surface area contributed by atoms with Crippen molar-refractivity contribution in [1.29, 1.82) is 0 Å². The number of hydrogen-bond acceptors (Lipinski definition) is 2. The maximum absolute atomic E-state index is 5.40. The molecule has 2 atom stereocenters. The second-order valence-electron chi connectivity index (χ2n) is 5.27. The highest BCUT2D eigenvalue weighted by molar-refractivity contribution is 4.80. The first-order valence-corrected chi connectivity index (χ1v) is 7.67. The zero-order valence-corrected chi connectivity index (χ0v) is 12.1. The molecule has 0 saturated carbocycles. The van der Waals surface area contributed by atoms with E-state index in [2.05, 4.69) is 25.7 Å². The maximum Gasteiger partial charge on any atom is 0.0824 e. The second-order valence-corrected chi connectivity index (χ2v) is 5.27. The maximum atomic E-state index is 5.40. The van der Waals surface area contributed by atoms with Gasteiger partial charge in [-0.1, -0.05) is 52.9 Å². The van der Waals surface area contributed by atoms with E-state index < -0.39 is 0 Å². The molecular formula is C15H31NO. The van der Waals surface area contributed by atoms with E-state index in [1.54, 1.807) is 0 Å². The zero-order chi connectivity index (χ0) is 12.5. The Hall–Kier alpha value is -0.0800. The first-order valence-electron chi connectivity index (χ1n) is 7.67. The van der Waals surface area contributed by atoms with Gasteiger partial charge in [0.25, 0.3) is 0 Å². The molecule has 0 amide bonds. The van der Waals surface area contributed by atoms with Crippen LogP contribution >= 0.6 is 0 Å². The molecule has 1 saturated heterocycles. The van der Waals surface area contributed by atoms with Crippen molar-refractivity contribution in [3.63, 3.8) is 0 Å². The lowest BCUT2D eigenvalue weighted by molar-refractivity contribution is 0.179. The lowest BCUT2D eigenvalue weighted by Gasteiger charge is -2.29. The fraction of sp³-hybridized carbons (Fsp3) is 1.00. The summed E-state index contributed by atoms with van der Waals surface area (Å²) in [7, 11) is 0. The molecule has 1 heterocycles. The average Bonchev–Trinajstić information content (AvgIpc) is 3.14. The van der Waals surface area contributed by atoms with Crippen LogP contribution in [-0.2, 0) is 4.74 Å². The second kappa shape index (κ2) is 8.93. The highest BCUT2D eigenvalue weighted by atomic mass is 16.6. The predicted molar refractivity (Wildman–Crippen MR) is 74.4 cm³/mol. The van der Waals surface area contributed by atoms with E-state index in [9.17, 15) is 0 Å². The molecular weight excluding hydrogens is 210 g/mol. The van der Waals surface area contributed by atoms with Gasteiger partial charge in [0.05, 0.1) is 12.7 Å². The van der Waals surface area contributed by atoms with Gasteiger partial charge in [-0.25, -0.2) is 0 Å². The number of ether oxygens (including phenoxy) is 1. The number of epoxide rings is 1. The van der Waals surface area contributed by atoms with Crippen LogP contribution in [0.5, 0.6) is 0 Å². The van der Waals surface area contributed by atoms with Gasteiger partial charge in [0, 0.05) is 6.04 Å². The van der Waals surface area contributed by atoms with Crippen LogP contribution in [0.3, 0.4) is 0 Å². The molecule has 2 unspecified atom stereocenters. The quantitative estimate of drug-likeness (QED) is 0.403. The summed E-state index contributed by atoms with van der Waals surface area (Å²) in [6.07, 6.45) is 10.2. The van der Waals surface area contributed by atoms with Gasteiger partial charge >= 0.3 is 0 Å². The number of unbranched alkanes of at least 4 members (excludes halogenated alkanes) is 4. The Labute approximate surface area is 108 Å². The average molecular weight is 241 g/mol. The van der Waals surface area contributed by atoms with Crippen LogP contribution in [0, 0.1) is 0 Å². The Bertz CT molecular complexity index is 176. The molecule has 0 aromatic carbocycles. The monoisotopic (exact) mass is 241 g/mol. The van der Waals surface area contributed by atoms with Crippen LogP contribution in [0.15, 0.2) is 0 Å². The van der Waals surface area contributed by atoms with Crippen LogP contribution in [-0.4, -0.2) is 36.7 Å². The van der Waals surface area contributed by atoms with Crippen molar-refractivity contribution in [2.45, 2.75) is 77.9 Å². The summed E-state index contributed by atoms with van der Waals surface area (Å²) in [4.78, 5) is 2.61. The molecule has 0 aromatic rings. The Balaban J connectivity index is 2.19. The molecule has 1 rings (SSSR count). The first kappa shape index (κ1) is 15.0. The third kappa shape index (κ3) is 6.42. The lowest BCUT2D eigenvalue weighted by atomic mass is 10.0. The summed E-state index contributed by atoms with van der Waals surface area (Å²) < 4.78 is 5.40. The van der Waals surface area contributed by atoms with Crippen LogP contribution in [0.1, 0.15) is 65.7 Å². The van der Waals surface area contributed by atoms with Crippen molar-refractivity contribution >= 4 is 0 Å². The molecule has 1 aliphatic heterocycles. The SMILES string of the molecule is CCCCCCCC(CC1CO1)N(CC)CC. The van der Waals surface area contributed by atoms with Crippen molar-refractivity contribution in [2.75, 3.05) is 19.7 Å². The Kier molecular flexibility index (Phi) is 7.87. The van der Waals surface area contributed by atoms with Gasteiger partial charge in [0.2, 0.25) is 0 Å². The molecule has 0 aliphatic carbocycles. The van der Waals surface area contributed by atoms with Crippen molar-refractivity contribution in [3.8, 4) is 0 Å². The summed E-state index contributed by atoms with van der Waals surface area (Å²) in [5.41, 5.74) is 0. The molecule has 1 fully saturated rings. The fourth-order valence-corrected chi connectivity index (χ4v) is 2.68. The van der Waals surface area contributed by atoms with Gasteiger partial charge in [-0.05, 0) is 25.9 Å². The van der Waals surface area contributed by atoms with Crippen molar-refractivity contribution in [1.82, 2.24) is 4.90 Å². The van der Waals surface area contributed by atoms with Crippen LogP contribution < -0.4 is 0 Å². The molecule has 17 heavy (non-hydrogen) atoms. The normalized spacial score (nSPS) is 20.8. The van der Waals surface area contributed by atoms with Crippen molar-refractivity contribution in [2.24, 2.45) is 0 Å². The summed E-state index contributed by atoms with van der Waals surface area (Å²) in [6.45, 7) is 10.2. The molecule has 2 heteroatoms. The predicted octanol–water partition coefficient (Wildman–Crippen LogP) is 3.85. The van der Waals surface area contributed by atoms with Crippen molar-refractivity contribution in [3.05, 3.63) is 0 Å². The van der Waals surface area contributed by atoms with E-state index in [-0.39, 0.29) is 0 Å². The molecule has 2 nitrogen and oxygen atoms in total. The van der Waals surface area contributed by atoms with Crippen LogP contribution in [0.4, 0.5) is 0 Å². The third-order valence-electron chi connectivity index (χ3n) is 3.91. The summed E-state index contributed by atoms with van der Waals surface area (Å²) in [5.74, 6) is 0. The van der Waals surface area contributed by atoms with Gasteiger partial charge in [-0.3, -0.25) is 0 Å². The molecule has 0 radical (unpaired) electrons. The van der Waals surface area contributed by atoms with Gasteiger partial charge < -0.3 is 9.64 Å². The topological polar surface area (TPSA) is 15.8 Å². The number of nitrogens with zero attached hydrogens (tertiary/aromatic N) is 1. The standard InChI is InChI=1S/C15H31NO/c1-4-7-8-9-10-11-14(12-15-13-17-15)16(5-2)6-3/h14-15H,4-13H2,1-3H3. The molecule has 0 spiro atoms. The van der Waals surface area contributed by atoms with Crippen molar-refractivity contribution < 1.29 is 4.74 Å². The van der Waals surface area contributed by atoms with Gasteiger partial charge in [0.1, 0.15) is 0 Å². The van der Waals surface area contributed by atoms with Crippen LogP contribution in [0.2, 0.25) is 0 Å². The third-order valence-corrected chi connectivity index (χ3v) is 3.91. The molecule has 1 aliphatic rings. The van der Waals surface area contributed by atoms with Crippen LogP contribution in [0.25, 0.3) is 0 Å². The minimum atomic E-state index is 0.580. The minimum Gasteiger partial charge on any atom is -0.373 e. The molecule has 0 aromatic heterocycles. The summed E-state index contributed by atoms with van der Waals surface area (Å²) in [5, 5.41) is 0. The minimum absolute atomic E-state index is 0.580. The Morgan fingerprint density at radius 1 is 1.06 bits per heavy atom.